The van der Waals surface area contributed by atoms with Crippen LogP contribution in [-0.4, -0.2) is 38.6 Å². The number of phenols is 1. The lowest BCUT2D eigenvalue weighted by Crippen LogP contribution is -2.47. The summed E-state index contributed by atoms with van der Waals surface area (Å²) in [6.45, 7) is -0.342. The second-order valence-electron chi connectivity index (χ2n) is 6.08. The predicted octanol–water partition coefficient (Wildman–Crippen LogP) is 2.61. The monoisotopic (exact) mass is 439 g/mol. The number of carbonyl (C=O) groups excluding carboxylic acids is 3. The van der Waals surface area contributed by atoms with Crippen LogP contribution in [0.15, 0.2) is 71.7 Å². The molecular weight excluding hydrogens is 422 g/mol. The minimum Gasteiger partial charge on any atom is -0.507 e. The molecule has 1 saturated heterocycles. The molecule has 0 aromatic heterocycles. The largest absolute Gasteiger partial charge is 0.507 e. The maximum Gasteiger partial charge on any atom is 0.273 e. The van der Waals surface area contributed by atoms with E-state index in [0.29, 0.717) is 4.91 Å². The lowest BCUT2D eigenvalue weighted by Gasteiger charge is -2.14. The maximum absolute atomic E-state index is 12.5. The van der Waals surface area contributed by atoms with Gasteiger partial charge in [0.05, 0.1) is 10.5 Å². The van der Waals surface area contributed by atoms with E-state index in [0.717, 1.165) is 22.2 Å². The Hall–Kier alpha value is -3.43. The highest BCUT2D eigenvalue weighted by atomic mass is 32.2. The summed E-state index contributed by atoms with van der Waals surface area (Å²) in [6, 6.07) is 15.5. The van der Waals surface area contributed by atoms with Gasteiger partial charge in [0, 0.05) is 0 Å². The minimum absolute atomic E-state index is 0.0107. The van der Waals surface area contributed by atoms with E-state index in [-0.39, 0.29) is 28.1 Å². The van der Waals surface area contributed by atoms with E-state index in [1.54, 1.807) is 24.3 Å². The van der Waals surface area contributed by atoms with E-state index in [9.17, 15) is 19.5 Å². The van der Waals surface area contributed by atoms with Crippen LogP contribution < -0.4 is 10.9 Å². The molecule has 7 nitrogen and oxygen atoms in total. The number of hydrogen-bond acceptors (Lipinski definition) is 6. The first-order valence-electron chi connectivity index (χ1n) is 8.80. The number of nitrogens with one attached hydrogen (secondary N) is 2. The van der Waals surface area contributed by atoms with Gasteiger partial charge in [-0.2, -0.15) is 0 Å². The van der Waals surface area contributed by atoms with Crippen LogP contribution in [0.4, 0.5) is 0 Å². The van der Waals surface area contributed by atoms with Crippen LogP contribution in [-0.2, 0) is 9.59 Å². The number of rotatable bonds is 5. The first-order chi connectivity index (χ1) is 14.5. The molecule has 1 aliphatic rings. The zero-order valence-electron chi connectivity index (χ0n) is 15.6. The Kier molecular flexibility index (Phi) is 6.99. The Morgan fingerprint density at radius 2 is 1.77 bits per heavy atom. The standard InChI is InChI=1S/C21H17N3O4S2/c25-16-11-5-4-10-15(16)19(27)23-22-18(26)13-24-20(28)17(30-21(24)29)12-6-9-14-7-2-1-3-8-14/h1-12,25H,13H2,(H,22,26)(H,23,27). The first-order valence-corrected chi connectivity index (χ1v) is 10.0. The summed E-state index contributed by atoms with van der Waals surface area (Å²) in [5, 5.41) is 9.66. The number of benzene rings is 2. The molecule has 2 aromatic carbocycles. The summed E-state index contributed by atoms with van der Waals surface area (Å²) in [5.41, 5.74) is 5.40. The van der Waals surface area contributed by atoms with E-state index < -0.39 is 11.8 Å². The minimum atomic E-state index is -0.683. The fraction of sp³-hybridized carbons (Fsp3) is 0.0476. The molecule has 0 radical (unpaired) electrons. The molecule has 3 N–H and O–H groups in total. The number of aromatic hydroxyl groups is 1. The van der Waals surface area contributed by atoms with Crippen LogP contribution in [0.25, 0.3) is 6.08 Å². The van der Waals surface area contributed by atoms with Crippen LogP contribution in [0, 0.1) is 0 Å². The maximum atomic E-state index is 12.5. The SMILES string of the molecule is O=C(CN1C(=O)C(=CC=Cc2ccccc2)SC1=S)NNC(=O)c1ccccc1O. The van der Waals surface area contributed by atoms with Crippen LogP contribution in [0.2, 0.25) is 0 Å². The van der Waals surface area contributed by atoms with Crippen molar-refractivity contribution >= 4 is 52.1 Å². The zero-order chi connectivity index (χ0) is 21.5. The second kappa shape index (κ2) is 9.86. The third-order valence-electron chi connectivity index (χ3n) is 3.98. The van der Waals surface area contributed by atoms with Gasteiger partial charge < -0.3 is 5.11 Å². The van der Waals surface area contributed by atoms with Crippen molar-refractivity contribution in [1.82, 2.24) is 15.8 Å². The molecule has 0 atom stereocenters. The van der Waals surface area contributed by atoms with Crippen molar-refractivity contribution in [3.63, 3.8) is 0 Å². The van der Waals surface area contributed by atoms with Gasteiger partial charge in [-0.15, -0.1) is 0 Å². The Labute approximate surface area is 182 Å². The van der Waals surface area contributed by atoms with E-state index in [1.807, 2.05) is 36.4 Å². The molecule has 0 bridgehead atoms. The number of amides is 3. The van der Waals surface area contributed by atoms with Crippen molar-refractivity contribution in [3.05, 3.63) is 82.8 Å². The molecule has 1 fully saturated rings. The van der Waals surface area contributed by atoms with Gasteiger partial charge in [0.15, 0.2) is 0 Å². The van der Waals surface area contributed by atoms with Gasteiger partial charge in [-0.05, 0) is 23.8 Å². The van der Waals surface area contributed by atoms with Gasteiger partial charge in [0.2, 0.25) is 0 Å². The van der Waals surface area contributed by atoms with Crippen molar-refractivity contribution in [3.8, 4) is 5.75 Å². The highest BCUT2D eigenvalue weighted by Crippen LogP contribution is 2.30. The van der Waals surface area contributed by atoms with Gasteiger partial charge in [0.25, 0.3) is 17.7 Å². The first kappa shape index (κ1) is 21.3. The molecule has 0 saturated carbocycles. The van der Waals surface area contributed by atoms with E-state index in [1.165, 1.54) is 12.1 Å². The molecule has 2 aromatic rings. The van der Waals surface area contributed by atoms with E-state index in [2.05, 4.69) is 10.9 Å². The van der Waals surface area contributed by atoms with Crippen molar-refractivity contribution in [2.24, 2.45) is 0 Å². The topological polar surface area (TPSA) is 98.7 Å². The highest BCUT2D eigenvalue weighted by Gasteiger charge is 2.33. The molecule has 30 heavy (non-hydrogen) atoms. The number of thioether (sulfide) groups is 1. The second-order valence-corrected chi connectivity index (χ2v) is 7.76. The molecule has 3 rings (SSSR count). The number of phenolic OH excluding ortho intramolecular Hbond substituents is 1. The number of para-hydroxylation sites is 1. The van der Waals surface area contributed by atoms with Gasteiger partial charge >= 0.3 is 0 Å². The van der Waals surface area contributed by atoms with Crippen LogP contribution in [0.5, 0.6) is 5.75 Å². The zero-order valence-corrected chi connectivity index (χ0v) is 17.2. The fourth-order valence-electron chi connectivity index (χ4n) is 2.50. The van der Waals surface area contributed by atoms with Crippen LogP contribution in [0.1, 0.15) is 15.9 Å². The summed E-state index contributed by atoms with van der Waals surface area (Å²) < 4.78 is 0.251. The third kappa shape index (κ3) is 5.34. The number of nitrogens with zero attached hydrogens (tertiary/aromatic N) is 1. The highest BCUT2D eigenvalue weighted by molar-refractivity contribution is 8.26. The molecular formula is C21H17N3O4S2. The van der Waals surface area contributed by atoms with E-state index >= 15 is 0 Å². The summed E-state index contributed by atoms with van der Waals surface area (Å²) in [4.78, 5) is 38.2. The van der Waals surface area contributed by atoms with Crippen molar-refractivity contribution in [2.45, 2.75) is 0 Å². The molecule has 0 aliphatic carbocycles. The number of thiocarbonyl (C=S) groups is 1. The summed E-state index contributed by atoms with van der Waals surface area (Å²) in [5.74, 6) is -1.91. The number of hydrogen-bond donors (Lipinski definition) is 3. The van der Waals surface area contributed by atoms with Gasteiger partial charge in [-0.25, -0.2) is 0 Å². The lowest BCUT2D eigenvalue weighted by molar-refractivity contribution is -0.129. The van der Waals surface area contributed by atoms with Crippen LogP contribution in [0.3, 0.4) is 0 Å². The van der Waals surface area contributed by atoms with Crippen LogP contribution >= 0.6 is 24.0 Å². The number of carbonyl (C=O) groups is 3. The molecule has 1 aliphatic heterocycles. The number of allylic oxidation sites excluding steroid dienone is 2. The molecule has 1 heterocycles. The summed E-state index contributed by atoms with van der Waals surface area (Å²) in [6.07, 6.45) is 5.24. The Balaban J connectivity index is 1.55. The molecule has 9 heteroatoms. The van der Waals surface area contributed by atoms with Gasteiger partial charge in [-0.3, -0.25) is 30.1 Å². The average Bonchev–Trinajstić information content (AvgIpc) is 3.00. The normalized spacial score (nSPS) is 15.1. The number of hydrazine groups is 1. The molecule has 0 spiro atoms. The summed E-state index contributed by atoms with van der Waals surface area (Å²) >= 11 is 6.29. The summed E-state index contributed by atoms with van der Waals surface area (Å²) in [7, 11) is 0. The Bertz CT molecular complexity index is 1050. The van der Waals surface area contributed by atoms with Crippen molar-refractivity contribution < 1.29 is 19.5 Å². The predicted molar refractivity (Wildman–Crippen MR) is 119 cm³/mol. The lowest BCUT2D eigenvalue weighted by atomic mass is 10.2. The molecule has 0 unspecified atom stereocenters. The molecule has 152 valence electrons. The van der Waals surface area contributed by atoms with Crippen molar-refractivity contribution in [1.29, 1.82) is 0 Å². The Morgan fingerprint density at radius 3 is 2.50 bits per heavy atom. The van der Waals surface area contributed by atoms with Gasteiger partial charge in [0.1, 0.15) is 16.6 Å². The fourth-order valence-corrected chi connectivity index (χ4v) is 3.71. The van der Waals surface area contributed by atoms with E-state index in [4.69, 9.17) is 12.2 Å². The third-order valence-corrected chi connectivity index (χ3v) is 5.37. The Morgan fingerprint density at radius 1 is 1.07 bits per heavy atom. The molecule has 3 amide bonds. The van der Waals surface area contributed by atoms with Gasteiger partial charge in [-0.1, -0.05) is 78.6 Å². The quantitative estimate of drug-likeness (QED) is 0.376. The van der Waals surface area contributed by atoms with Crippen molar-refractivity contribution in [2.75, 3.05) is 6.54 Å². The smallest absolute Gasteiger partial charge is 0.273 e. The average molecular weight is 440 g/mol.